The molecule has 0 saturated heterocycles. The molecular formula is C9H4ClN3O. The number of nitriles is 1. The molecule has 0 unspecified atom stereocenters. The van der Waals surface area contributed by atoms with E-state index in [0.717, 1.165) is 0 Å². The lowest BCUT2D eigenvalue weighted by Crippen LogP contribution is -1.79. The van der Waals surface area contributed by atoms with E-state index in [-0.39, 0.29) is 5.28 Å². The Balaban J connectivity index is 2.47. The van der Waals surface area contributed by atoms with Crippen molar-refractivity contribution < 1.29 is 4.52 Å². The van der Waals surface area contributed by atoms with E-state index < -0.39 is 0 Å². The molecule has 14 heavy (non-hydrogen) atoms. The van der Waals surface area contributed by atoms with E-state index in [9.17, 15) is 0 Å². The summed E-state index contributed by atoms with van der Waals surface area (Å²) in [5.74, 6) is 0.312. The molecule has 0 amide bonds. The van der Waals surface area contributed by atoms with E-state index in [1.165, 1.54) is 0 Å². The van der Waals surface area contributed by atoms with Crippen LogP contribution < -0.4 is 0 Å². The molecule has 5 heteroatoms. The fourth-order valence-corrected chi connectivity index (χ4v) is 1.16. The number of rotatable bonds is 1. The van der Waals surface area contributed by atoms with E-state index >= 15 is 0 Å². The van der Waals surface area contributed by atoms with Gasteiger partial charge in [-0.2, -0.15) is 10.2 Å². The van der Waals surface area contributed by atoms with Gasteiger partial charge in [0.05, 0.1) is 11.6 Å². The Labute approximate surface area is 84.7 Å². The molecule has 68 valence electrons. The molecule has 1 heterocycles. The normalized spacial score (nSPS) is 9.71. The van der Waals surface area contributed by atoms with Crippen LogP contribution in [0, 0.1) is 11.3 Å². The molecule has 2 aromatic rings. The van der Waals surface area contributed by atoms with Gasteiger partial charge in [0.15, 0.2) is 0 Å². The van der Waals surface area contributed by atoms with Crippen molar-refractivity contribution in [3.63, 3.8) is 0 Å². The number of hydrogen-bond acceptors (Lipinski definition) is 4. The zero-order valence-corrected chi connectivity index (χ0v) is 7.69. The molecule has 0 atom stereocenters. The van der Waals surface area contributed by atoms with Gasteiger partial charge in [0.2, 0.25) is 0 Å². The van der Waals surface area contributed by atoms with E-state index in [1.807, 2.05) is 6.07 Å². The molecule has 1 aromatic heterocycles. The summed E-state index contributed by atoms with van der Waals surface area (Å²) in [6.07, 6.45) is 0. The van der Waals surface area contributed by atoms with E-state index in [4.69, 9.17) is 21.4 Å². The highest BCUT2D eigenvalue weighted by molar-refractivity contribution is 6.28. The molecule has 2 rings (SSSR count). The van der Waals surface area contributed by atoms with Gasteiger partial charge in [-0.15, -0.1) is 0 Å². The first-order valence-electron chi connectivity index (χ1n) is 3.79. The summed E-state index contributed by atoms with van der Waals surface area (Å²) in [6, 6.07) is 8.88. The van der Waals surface area contributed by atoms with Crippen molar-refractivity contribution in [3.8, 4) is 17.5 Å². The van der Waals surface area contributed by atoms with Crippen LogP contribution >= 0.6 is 11.6 Å². The molecule has 4 nitrogen and oxygen atoms in total. The average Bonchev–Trinajstić information content (AvgIpc) is 2.65. The van der Waals surface area contributed by atoms with Crippen molar-refractivity contribution in [2.24, 2.45) is 0 Å². The van der Waals surface area contributed by atoms with Gasteiger partial charge in [-0.1, -0.05) is 6.07 Å². The molecule has 1 aromatic carbocycles. The third kappa shape index (κ3) is 1.58. The predicted molar refractivity (Wildman–Crippen MR) is 49.5 cm³/mol. The summed E-state index contributed by atoms with van der Waals surface area (Å²) in [4.78, 5) is 3.83. The molecule has 0 N–H and O–H groups in total. The van der Waals surface area contributed by atoms with Gasteiger partial charge in [0, 0.05) is 5.56 Å². The largest absolute Gasteiger partial charge is 0.333 e. The van der Waals surface area contributed by atoms with Crippen molar-refractivity contribution in [2.45, 2.75) is 0 Å². The van der Waals surface area contributed by atoms with Crippen LogP contribution in [-0.4, -0.2) is 10.1 Å². The third-order valence-corrected chi connectivity index (χ3v) is 1.79. The highest BCUT2D eigenvalue weighted by Crippen LogP contribution is 2.19. The Hall–Kier alpha value is -1.86. The lowest BCUT2D eigenvalue weighted by Gasteiger charge is -1.92. The van der Waals surface area contributed by atoms with E-state index in [1.54, 1.807) is 24.3 Å². The Kier molecular flexibility index (Phi) is 2.17. The quantitative estimate of drug-likeness (QED) is 0.717. The summed E-state index contributed by atoms with van der Waals surface area (Å²) < 4.78 is 4.85. The van der Waals surface area contributed by atoms with Crippen LogP contribution in [0.1, 0.15) is 5.56 Å². The maximum atomic E-state index is 8.67. The zero-order chi connectivity index (χ0) is 9.97. The van der Waals surface area contributed by atoms with Crippen molar-refractivity contribution in [2.75, 3.05) is 0 Å². The fourth-order valence-electron chi connectivity index (χ4n) is 1.04. The zero-order valence-electron chi connectivity index (χ0n) is 6.94. The number of halogens is 1. The van der Waals surface area contributed by atoms with Crippen molar-refractivity contribution in [3.05, 3.63) is 35.1 Å². The Bertz CT molecular complexity index is 501. The van der Waals surface area contributed by atoms with Crippen LogP contribution in [0.2, 0.25) is 5.28 Å². The first kappa shape index (κ1) is 8.73. The van der Waals surface area contributed by atoms with Gasteiger partial charge in [0.1, 0.15) is 0 Å². The smallest absolute Gasteiger partial charge is 0.264 e. The lowest BCUT2D eigenvalue weighted by molar-refractivity contribution is 0.430. The van der Waals surface area contributed by atoms with Gasteiger partial charge in [-0.25, -0.2) is 0 Å². The minimum atomic E-state index is 0.0577. The molecule has 0 radical (unpaired) electrons. The van der Waals surface area contributed by atoms with Crippen LogP contribution in [0.15, 0.2) is 28.8 Å². The minimum Gasteiger partial charge on any atom is -0.333 e. The molecule has 0 bridgehead atoms. The average molecular weight is 206 g/mol. The van der Waals surface area contributed by atoms with E-state index in [2.05, 4.69) is 10.1 Å². The fraction of sp³-hybridized carbons (Fsp3) is 0. The van der Waals surface area contributed by atoms with Gasteiger partial charge in [-0.3, -0.25) is 0 Å². The summed E-state index contributed by atoms with van der Waals surface area (Å²) in [5, 5.41) is 12.2. The van der Waals surface area contributed by atoms with Gasteiger partial charge < -0.3 is 4.52 Å². The maximum absolute atomic E-state index is 8.67. The van der Waals surface area contributed by atoms with Gasteiger partial charge in [0.25, 0.3) is 11.2 Å². The standard InChI is InChI=1S/C9H4ClN3O/c10-9-12-8(14-13-9)7-3-1-2-6(4-7)5-11/h1-4H. The van der Waals surface area contributed by atoms with Crippen LogP contribution in [-0.2, 0) is 0 Å². The first-order chi connectivity index (χ1) is 6.79. The van der Waals surface area contributed by atoms with Crippen molar-refractivity contribution >= 4 is 11.6 Å². The molecule has 0 aliphatic rings. The minimum absolute atomic E-state index is 0.0577. The predicted octanol–water partition coefficient (Wildman–Crippen LogP) is 2.26. The van der Waals surface area contributed by atoms with Crippen LogP contribution in [0.4, 0.5) is 0 Å². The molecule has 0 spiro atoms. The highest BCUT2D eigenvalue weighted by atomic mass is 35.5. The number of nitrogens with zero attached hydrogens (tertiary/aromatic N) is 3. The summed E-state index contributed by atoms with van der Waals surface area (Å²) in [5.41, 5.74) is 1.22. The second kappa shape index (κ2) is 3.48. The number of benzene rings is 1. The number of hydrogen-bond donors (Lipinski definition) is 0. The molecule has 0 saturated carbocycles. The molecular weight excluding hydrogens is 202 g/mol. The molecule has 0 aliphatic heterocycles. The second-order valence-electron chi connectivity index (χ2n) is 2.56. The highest BCUT2D eigenvalue weighted by Gasteiger charge is 2.06. The number of aromatic nitrogens is 2. The van der Waals surface area contributed by atoms with Gasteiger partial charge >= 0.3 is 0 Å². The summed E-state index contributed by atoms with van der Waals surface area (Å²) in [6.45, 7) is 0. The maximum Gasteiger partial charge on any atom is 0.264 e. The topological polar surface area (TPSA) is 62.7 Å². The van der Waals surface area contributed by atoms with E-state index in [0.29, 0.717) is 17.0 Å². The van der Waals surface area contributed by atoms with Crippen molar-refractivity contribution in [1.82, 2.24) is 10.1 Å². The first-order valence-corrected chi connectivity index (χ1v) is 4.17. The Morgan fingerprint density at radius 3 is 2.93 bits per heavy atom. The SMILES string of the molecule is N#Cc1cccc(-c2nc(Cl)no2)c1. The Morgan fingerprint density at radius 1 is 1.43 bits per heavy atom. The lowest BCUT2D eigenvalue weighted by atomic mass is 10.1. The second-order valence-corrected chi connectivity index (χ2v) is 2.90. The Morgan fingerprint density at radius 2 is 2.29 bits per heavy atom. The van der Waals surface area contributed by atoms with Gasteiger partial charge in [-0.05, 0) is 35.0 Å². The molecule has 0 aliphatic carbocycles. The van der Waals surface area contributed by atoms with Crippen molar-refractivity contribution in [1.29, 1.82) is 5.26 Å². The van der Waals surface area contributed by atoms with Crippen LogP contribution in [0.25, 0.3) is 11.5 Å². The summed E-state index contributed by atoms with van der Waals surface area (Å²) in [7, 11) is 0. The molecule has 0 fully saturated rings. The van der Waals surface area contributed by atoms with Crippen LogP contribution in [0.5, 0.6) is 0 Å². The monoisotopic (exact) mass is 205 g/mol. The third-order valence-electron chi connectivity index (χ3n) is 1.64. The summed E-state index contributed by atoms with van der Waals surface area (Å²) >= 11 is 5.50. The van der Waals surface area contributed by atoms with Crippen LogP contribution in [0.3, 0.4) is 0 Å².